The van der Waals surface area contributed by atoms with E-state index in [-0.39, 0.29) is 41.6 Å². The Labute approximate surface area is 240 Å². The van der Waals surface area contributed by atoms with Crippen molar-refractivity contribution in [3.05, 3.63) is 59.3 Å². The van der Waals surface area contributed by atoms with Gasteiger partial charge in [0.25, 0.3) is 0 Å². The highest BCUT2D eigenvalue weighted by atomic mass is 19.4. The highest BCUT2D eigenvalue weighted by Crippen LogP contribution is 2.40. The van der Waals surface area contributed by atoms with E-state index in [0.29, 0.717) is 18.8 Å². The number of hydrogen-bond donors (Lipinski definition) is 0. The van der Waals surface area contributed by atoms with Crippen molar-refractivity contribution in [2.45, 2.75) is 71.6 Å². The molecule has 3 aromatic rings. The van der Waals surface area contributed by atoms with Crippen LogP contribution in [0.5, 0.6) is 11.6 Å². The van der Waals surface area contributed by atoms with Crippen LogP contribution in [0.1, 0.15) is 67.9 Å². The van der Waals surface area contributed by atoms with Gasteiger partial charge in [-0.3, -0.25) is 4.79 Å². The van der Waals surface area contributed by atoms with E-state index in [1.54, 1.807) is 13.8 Å². The molecule has 0 N–H and O–H groups in total. The lowest BCUT2D eigenvalue weighted by atomic mass is 9.82. The van der Waals surface area contributed by atoms with Gasteiger partial charge in [0.2, 0.25) is 11.8 Å². The van der Waals surface area contributed by atoms with Gasteiger partial charge in [0.1, 0.15) is 5.56 Å². The second kappa shape index (κ2) is 12.9. The van der Waals surface area contributed by atoms with Crippen molar-refractivity contribution in [1.82, 2.24) is 20.0 Å². The first-order valence-electron chi connectivity index (χ1n) is 13.7. The molecule has 0 bridgehead atoms. The number of carbonyl (C=O) groups is 2. The highest BCUT2D eigenvalue weighted by Gasteiger charge is 2.37. The summed E-state index contributed by atoms with van der Waals surface area (Å²) in [7, 11) is 1.11. The van der Waals surface area contributed by atoms with Crippen LogP contribution in [0.4, 0.5) is 23.2 Å². The van der Waals surface area contributed by atoms with E-state index >= 15 is 4.39 Å². The van der Waals surface area contributed by atoms with Crippen molar-refractivity contribution in [3.63, 3.8) is 0 Å². The van der Waals surface area contributed by atoms with Crippen LogP contribution in [0, 0.1) is 17.7 Å². The minimum Gasteiger partial charge on any atom is -0.465 e. The molecule has 42 heavy (non-hydrogen) atoms. The first kappa shape index (κ1) is 30.9. The van der Waals surface area contributed by atoms with Crippen LogP contribution in [0.15, 0.2) is 36.8 Å². The number of aromatic nitrogens is 4. The summed E-state index contributed by atoms with van der Waals surface area (Å²) in [5, 5.41) is 7.84. The van der Waals surface area contributed by atoms with Crippen molar-refractivity contribution >= 4 is 17.6 Å². The topological polar surface area (TPSA) is 99.4 Å². The number of hydrogen-bond acceptors (Lipinski definition) is 7. The molecule has 0 unspecified atom stereocenters. The highest BCUT2D eigenvalue weighted by molar-refractivity contribution is 6.04. The third kappa shape index (κ3) is 7.05. The first-order chi connectivity index (χ1) is 19.9. The molecule has 9 nitrogen and oxygen atoms in total. The fourth-order valence-electron chi connectivity index (χ4n) is 5.06. The van der Waals surface area contributed by atoms with Gasteiger partial charge in [-0.05, 0) is 63.5 Å². The third-order valence-corrected chi connectivity index (χ3v) is 7.32. The molecule has 0 radical (unpaired) electrons. The normalized spacial score (nSPS) is 17.3. The SMILES string of the molecule is COC(=O)c1cc(Oc2ncc(CCn3nccn3)cc2C(F)(F)F)c(F)cc1N(C(=O)C1CCC(C)CC1)C(C)C. The number of methoxy groups -OCH3 is 1. The molecule has 1 aliphatic rings. The lowest BCUT2D eigenvalue weighted by Crippen LogP contribution is -2.43. The van der Waals surface area contributed by atoms with Crippen molar-refractivity contribution in [2.75, 3.05) is 12.0 Å². The largest absolute Gasteiger partial charge is 0.465 e. The zero-order chi connectivity index (χ0) is 30.6. The number of nitrogens with zero attached hydrogens (tertiary/aromatic N) is 5. The van der Waals surface area contributed by atoms with Gasteiger partial charge < -0.3 is 14.4 Å². The molecule has 13 heteroatoms. The van der Waals surface area contributed by atoms with Crippen LogP contribution in [-0.4, -0.2) is 45.0 Å². The van der Waals surface area contributed by atoms with E-state index in [1.807, 2.05) is 0 Å². The van der Waals surface area contributed by atoms with Crippen LogP contribution in [0.2, 0.25) is 0 Å². The maximum atomic E-state index is 15.5. The summed E-state index contributed by atoms with van der Waals surface area (Å²) >= 11 is 0. The summed E-state index contributed by atoms with van der Waals surface area (Å²) in [6.07, 6.45) is 2.45. The van der Waals surface area contributed by atoms with Crippen molar-refractivity contribution in [3.8, 4) is 11.6 Å². The standard InChI is InChI=1S/C29H33F4N5O4/c1-17(2)38(27(39)20-7-5-18(3)6-8-20)24-15-23(30)25(14-21(24)28(40)41-4)42-26-22(29(31,32)33)13-19(16-34-26)9-12-37-35-10-11-36-37/h10-11,13-18,20H,5-9,12H2,1-4H3. The molecule has 2 heterocycles. The Morgan fingerprint density at radius 2 is 1.76 bits per heavy atom. The van der Waals surface area contributed by atoms with Crippen LogP contribution in [-0.2, 0) is 28.7 Å². The van der Waals surface area contributed by atoms with Crippen molar-refractivity contribution in [2.24, 2.45) is 11.8 Å². The lowest BCUT2D eigenvalue weighted by Gasteiger charge is -2.34. The van der Waals surface area contributed by atoms with Crippen LogP contribution >= 0.6 is 0 Å². The number of pyridine rings is 1. The van der Waals surface area contributed by atoms with E-state index in [2.05, 4.69) is 22.1 Å². The molecular weight excluding hydrogens is 558 g/mol. The minimum absolute atomic E-state index is 0.0445. The van der Waals surface area contributed by atoms with E-state index in [9.17, 15) is 22.8 Å². The van der Waals surface area contributed by atoms with Gasteiger partial charge in [-0.15, -0.1) is 0 Å². The van der Waals surface area contributed by atoms with Crippen molar-refractivity contribution < 1.29 is 36.6 Å². The minimum atomic E-state index is -4.87. The molecule has 1 aromatic carbocycles. The molecule has 4 rings (SSSR count). The zero-order valence-electron chi connectivity index (χ0n) is 23.8. The molecule has 0 aliphatic heterocycles. The van der Waals surface area contributed by atoms with E-state index in [0.717, 1.165) is 38.2 Å². The number of amides is 1. The van der Waals surface area contributed by atoms with Crippen LogP contribution < -0.4 is 9.64 Å². The number of aryl methyl sites for hydroxylation is 2. The van der Waals surface area contributed by atoms with Gasteiger partial charge in [-0.1, -0.05) is 6.92 Å². The molecule has 0 spiro atoms. The number of anilines is 1. The molecule has 2 aromatic heterocycles. The summed E-state index contributed by atoms with van der Waals surface area (Å²) in [5.41, 5.74) is -1.25. The predicted molar refractivity (Wildman–Crippen MR) is 145 cm³/mol. The van der Waals surface area contributed by atoms with Gasteiger partial charge in [0.05, 0.1) is 37.3 Å². The van der Waals surface area contributed by atoms with Crippen molar-refractivity contribution in [1.29, 1.82) is 0 Å². The number of benzene rings is 1. The smallest absolute Gasteiger partial charge is 0.421 e. The Morgan fingerprint density at radius 1 is 1.10 bits per heavy atom. The number of esters is 1. The average Bonchev–Trinajstić information content (AvgIpc) is 3.47. The quantitative estimate of drug-likeness (QED) is 0.215. The van der Waals surface area contributed by atoms with Crippen LogP contribution in [0.25, 0.3) is 0 Å². The second-order valence-electron chi connectivity index (χ2n) is 10.7. The maximum absolute atomic E-state index is 15.5. The Bertz CT molecular complexity index is 1400. The summed E-state index contributed by atoms with van der Waals surface area (Å²) < 4.78 is 67.7. The van der Waals surface area contributed by atoms with Gasteiger partial charge in [0, 0.05) is 30.3 Å². The lowest BCUT2D eigenvalue weighted by molar-refractivity contribution is -0.139. The molecule has 1 amide bonds. The fourth-order valence-corrected chi connectivity index (χ4v) is 5.06. The number of rotatable bonds is 9. The summed E-state index contributed by atoms with van der Waals surface area (Å²) in [5.74, 6) is -3.59. The Morgan fingerprint density at radius 3 is 2.36 bits per heavy atom. The maximum Gasteiger partial charge on any atom is 0.421 e. The third-order valence-electron chi connectivity index (χ3n) is 7.32. The molecule has 226 valence electrons. The second-order valence-corrected chi connectivity index (χ2v) is 10.7. The summed E-state index contributed by atoms with van der Waals surface area (Å²) in [4.78, 5) is 32.9. The Kier molecular flexibility index (Phi) is 9.47. The fraction of sp³-hybridized carbons (Fsp3) is 0.483. The average molecular weight is 592 g/mol. The van der Waals surface area contributed by atoms with Gasteiger partial charge in [-0.25, -0.2) is 14.2 Å². The summed E-state index contributed by atoms with van der Waals surface area (Å²) in [6, 6.07) is 2.28. The van der Waals surface area contributed by atoms with Gasteiger partial charge in [0.15, 0.2) is 11.6 Å². The number of ether oxygens (including phenoxy) is 2. The van der Waals surface area contributed by atoms with E-state index < -0.39 is 41.2 Å². The molecule has 1 saturated carbocycles. The van der Waals surface area contributed by atoms with Gasteiger partial charge >= 0.3 is 12.1 Å². The Hall–Kier alpha value is -4.03. The number of halogens is 4. The zero-order valence-corrected chi connectivity index (χ0v) is 23.8. The van der Waals surface area contributed by atoms with E-state index in [1.165, 1.54) is 28.3 Å². The van der Waals surface area contributed by atoms with Gasteiger partial charge in [-0.2, -0.15) is 28.2 Å². The molecular formula is C29H33F4N5O4. The molecule has 1 aliphatic carbocycles. The summed E-state index contributed by atoms with van der Waals surface area (Å²) in [6.45, 7) is 5.80. The van der Waals surface area contributed by atoms with E-state index in [4.69, 9.17) is 9.47 Å². The molecule has 0 atom stereocenters. The molecule has 0 saturated heterocycles. The van der Waals surface area contributed by atoms with Crippen LogP contribution in [0.3, 0.4) is 0 Å². The Balaban J connectivity index is 1.69. The monoisotopic (exact) mass is 591 g/mol. The molecule has 1 fully saturated rings. The number of carbonyl (C=O) groups excluding carboxylic acids is 2. The predicted octanol–water partition coefficient (Wildman–Crippen LogP) is 6.22. The number of alkyl halides is 3. The first-order valence-corrected chi connectivity index (χ1v) is 13.7.